The molecule has 0 radical (unpaired) electrons. The van der Waals surface area contributed by atoms with E-state index in [1.54, 1.807) is 0 Å². The lowest BCUT2D eigenvalue weighted by molar-refractivity contribution is 0.599. The zero-order valence-electron chi connectivity index (χ0n) is 8.85. The van der Waals surface area contributed by atoms with Crippen LogP contribution in [-0.4, -0.2) is 18.0 Å². The van der Waals surface area contributed by atoms with Gasteiger partial charge in [-0.2, -0.15) is 0 Å². The summed E-state index contributed by atoms with van der Waals surface area (Å²) in [6, 6.07) is 4.14. The van der Waals surface area contributed by atoms with E-state index >= 15 is 0 Å². The van der Waals surface area contributed by atoms with Crippen molar-refractivity contribution in [2.45, 2.75) is 11.6 Å². The Morgan fingerprint density at radius 2 is 2.11 bits per heavy atom. The van der Waals surface area contributed by atoms with Crippen LogP contribution in [0, 0.1) is 5.82 Å². The Kier molecular flexibility index (Phi) is 3.61. The van der Waals surface area contributed by atoms with Crippen LogP contribution in [-0.2, 0) is 15.6 Å². The lowest BCUT2D eigenvalue weighted by Gasteiger charge is -2.04. The SMILES string of the molecule is O=S(=O)(Cl)c1cn(Cc2cc(Cl)ccc2F)cn1. The van der Waals surface area contributed by atoms with E-state index in [1.165, 1.54) is 35.3 Å². The molecule has 0 fully saturated rings. The monoisotopic (exact) mass is 308 g/mol. The van der Waals surface area contributed by atoms with Crippen LogP contribution >= 0.6 is 22.3 Å². The molecule has 0 amide bonds. The van der Waals surface area contributed by atoms with Crippen LogP contribution in [0.2, 0.25) is 5.02 Å². The van der Waals surface area contributed by atoms with Gasteiger partial charge in [0.05, 0.1) is 12.9 Å². The van der Waals surface area contributed by atoms with Crippen molar-refractivity contribution in [3.05, 3.63) is 47.1 Å². The summed E-state index contributed by atoms with van der Waals surface area (Å²) in [5, 5.41) is 0.128. The van der Waals surface area contributed by atoms with E-state index in [2.05, 4.69) is 4.98 Å². The number of hydrogen-bond donors (Lipinski definition) is 0. The van der Waals surface area contributed by atoms with Crippen LogP contribution < -0.4 is 0 Å². The van der Waals surface area contributed by atoms with Gasteiger partial charge in [-0.15, -0.1) is 0 Å². The maximum atomic E-state index is 13.5. The van der Waals surface area contributed by atoms with Crippen molar-refractivity contribution in [2.24, 2.45) is 0 Å². The summed E-state index contributed by atoms with van der Waals surface area (Å²) in [5.74, 6) is -0.427. The summed E-state index contributed by atoms with van der Waals surface area (Å²) in [6.45, 7) is 0.117. The molecular formula is C10H7Cl2FN2O2S. The second kappa shape index (κ2) is 4.87. The molecule has 0 spiro atoms. The van der Waals surface area contributed by atoms with Crippen molar-refractivity contribution in [3.8, 4) is 0 Å². The van der Waals surface area contributed by atoms with E-state index < -0.39 is 14.9 Å². The molecule has 2 aromatic rings. The van der Waals surface area contributed by atoms with Gasteiger partial charge < -0.3 is 4.57 Å². The zero-order chi connectivity index (χ0) is 13.3. The fourth-order valence-electron chi connectivity index (χ4n) is 1.41. The Morgan fingerprint density at radius 3 is 2.72 bits per heavy atom. The molecule has 0 N–H and O–H groups in total. The molecule has 0 saturated heterocycles. The van der Waals surface area contributed by atoms with E-state index in [-0.39, 0.29) is 11.6 Å². The second-order valence-corrected chi connectivity index (χ2v) is 6.51. The van der Waals surface area contributed by atoms with Crippen LogP contribution in [0.4, 0.5) is 4.39 Å². The minimum atomic E-state index is -3.87. The van der Waals surface area contributed by atoms with E-state index in [0.29, 0.717) is 10.6 Å². The summed E-state index contributed by atoms with van der Waals surface area (Å²) in [4.78, 5) is 3.62. The minimum absolute atomic E-state index is 0.117. The summed E-state index contributed by atoms with van der Waals surface area (Å²) >= 11 is 5.75. The second-order valence-electron chi connectivity index (χ2n) is 3.56. The number of halogens is 3. The number of aromatic nitrogens is 2. The first-order valence-electron chi connectivity index (χ1n) is 4.76. The number of benzene rings is 1. The molecular weight excluding hydrogens is 302 g/mol. The summed E-state index contributed by atoms with van der Waals surface area (Å²) in [5.41, 5.74) is 0.332. The molecule has 1 aromatic heterocycles. The first-order chi connectivity index (χ1) is 8.36. The number of imidazole rings is 1. The van der Waals surface area contributed by atoms with Gasteiger partial charge in [0.25, 0.3) is 9.05 Å². The molecule has 1 aromatic carbocycles. The van der Waals surface area contributed by atoms with E-state index in [4.69, 9.17) is 22.3 Å². The van der Waals surface area contributed by atoms with Gasteiger partial charge in [-0.25, -0.2) is 17.8 Å². The molecule has 96 valence electrons. The van der Waals surface area contributed by atoms with Crippen LogP contribution in [0.15, 0.2) is 35.7 Å². The van der Waals surface area contributed by atoms with Gasteiger partial charge in [0.1, 0.15) is 5.82 Å². The number of nitrogens with zero attached hydrogens (tertiary/aromatic N) is 2. The largest absolute Gasteiger partial charge is 0.332 e. The smallest absolute Gasteiger partial charge is 0.280 e. The van der Waals surface area contributed by atoms with Crippen molar-refractivity contribution in [3.63, 3.8) is 0 Å². The average molecular weight is 309 g/mol. The lowest BCUT2D eigenvalue weighted by Crippen LogP contribution is -1.99. The molecule has 0 atom stereocenters. The van der Waals surface area contributed by atoms with Gasteiger partial charge in [0.2, 0.25) is 0 Å². The highest BCUT2D eigenvalue weighted by atomic mass is 35.7. The van der Waals surface area contributed by atoms with Crippen LogP contribution in [0.3, 0.4) is 0 Å². The molecule has 0 saturated carbocycles. The highest BCUT2D eigenvalue weighted by Crippen LogP contribution is 2.17. The third-order valence-corrected chi connectivity index (χ3v) is 3.64. The number of rotatable bonds is 3. The summed E-state index contributed by atoms with van der Waals surface area (Å²) in [7, 11) is 1.26. The van der Waals surface area contributed by atoms with E-state index in [0.717, 1.165) is 0 Å². The van der Waals surface area contributed by atoms with Crippen LogP contribution in [0.25, 0.3) is 0 Å². The third kappa shape index (κ3) is 3.01. The first kappa shape index (κ1) is 13.3. The molecule has 2 rings (SSSR count). The van der Waals surface area contributed by atoms with Crippen molar-refractivity contribution >= 4 is 31.3 Å². The van der Waals surface area contributed by atoms with Crippen LogP contribution in [0.1, 0.15) is 5.56 Å². The van der Waals surface area contributed by atoms with Gasteiger partial charge in [0.15, 0.2) is 5.03 Å². The molecule has 4 nitrogen and oxygen atoms in total. The van der Waals surface area contributed by atoms with E-state index in [9.17, 15) is 12.8 Å². The summed E-state index contributed by atoms with van der Waals surface area (Å²) in [6.07, 6.45) is 2.48. The van der Waals surface area contributed by atoms with E-state index in [1.807, 2.05) is 0 Å². The zero-order valence-corrected chi connectivity index (χ0v) is 11.2. The molecule has 0 bridgehead atoms. The topological polar surface area (TPSA) is 52.0 Å². The normalized spacial score (nSPS) is 11.7. The minimum Gasteiger partial charge on any atom is -0.332 e. The van der Waals surface area contributed by atoms with Gasteiger partial charge in [0, 0.05) is 27.5 Å². The molecule has 1 heterocycles. The Bertz CT molecular complexity index is 685. The predicted octanol–water partition coefficient (Wildman–Crippen LogP) is 2.65. The molecule has 0 aliphatic carbocycles. The van der Waals surface area contributed by atoms with Crippen molar-refractivity contribution in [2.75, 3.05) is 0 Å². The molecule has 18 heavy (non-hydrogen) atoms. The maximum Gasteiger partial charge on any atom is 0.280 e. The maximum absolute atomic E-state index is 13.5. The highest BCUT2D eigenvalue weighted by molar-refractivity contribution is 8.13. The van der Waals surface area contributed by atoms with Gasteiger partial charge in [-0.3, -0.25) is 0 Å². The Morgan fingerprint density at radius 1 is 1.39 bits per heavy atom. The van der Waals surface area contributed by atoms with Crippen LogP contribution in [0.5, 0.6) is 0 Å². The Hall–Kier alpha value is -1.11. The predicted molar refractivity (Wildman–Crippen MR) is 65.8 cm³/mol. The van der Waals surface area contributed by atoms with Gasteiger partial charge in [-0.05, 0) is 18.2 Å². The molecule has 8 heteroatoms. The fraction of sp³-hybridized carbons (Fsp3) is 0.100. The first-order valence-corrected chi connectivity index (χ1v) is 7.45. The third-order valence-electron chi connectivity index (χ3n) is 2.22. The van der Waals surface area contributed by atoms with Crippen molar-refractivity contribution in [1.82, 2.24) is 9.55 Å². The highest BCUT2D eigenvalue weighted by Gasteiger charge is 2.14. The van der Waals surface area contributed by atoms with Crippen molar-refractivity contribution < 1.29 is 12.8 Å². The van der Waals surface area contributed by atoms with Gasteiger partial charge >= 0.3 is 0 Å². The molecule has 0 unspecified atom stereocenters. The Labute approximate surface area is 112 Å². The standard InChI is InChI=1S/C10H7Cl2FN2O2S/c11-8-1-2-9(13)7(3-8)4-15-5-10(14-6-15)18(12,16)17/h1-3,5-6H,4H2. The summed E-state index contributed by atoms with van der Waals surface area (Å²) < 4.78 is 36.9. The number of hydrogen-bond acceptors (Lipinski definition) is 3. The molecule has 0 aliphatic heterocycles. The quantitative estimate of drug-likeness (QED) is 0.819. The van der Waals surface area contributed by atoms with Gasteiger partial charge in [-0.1, -0.05) is 11.6 Å². The van der Waals surface area contributed by atoms with Crippen molar-refractivity contribution in [1.29, 1.82) is 0 Å². The fourth-order valence-corrected chi connectivity index (χ4v) is 2.28. The average Bonchev–Trinajstić information content (AvgIpc) is 2.71. The Balaban J connectivity index is 2.29. The lowest BCUT2D eigenvalue weighted by atomic mass is 10.2. The molecule has 0 aliphatic rings.